The van der Waals surface area contributed by atoms with Gasteiger partial charge in [-0.15, -0.1) is 11.3 Å². The summed E-state index contributed by atoms with van der Waals surface area (Å²) in [4.78, 5) is 36.7. The van der Waals surface area contributed by atoms with Crippen molar-refractivity contribution in [1.82, 2.24) is 19.6 Å². The minimum Gasteiger partial charge on any atom is -0.378 e. The number of ether oxygens (including phenoxy) is 1. The minimum absolute atomic E-state index is 0.0331. The number of pyridine rings is 2. The number of anilines is 1. The highest BCUT2D eigenvalue weighted by atomic mass is 32.1. The number of carbonyl (C=O) groups is 1. The first-order valence-corrected chi connectivity index (χ1v) is 13.3. The topological polar surface area (TPSA) is 79.2 Å². The molecule has 0 aliphatic carbocycles. The lowest BCUT2D eigenvalue weighted by Crippen LogP contribution is -2.48. The molecule has 8 nitrogen and oxygen atoms in total. The lowest BCUT2D eigenvalue weighted by atomic mass is 10.0. The van der Waals surface area contributed by atoms with Crippen LogP contribution in [0.2, 0.25) is 0 Å². The van der Waals surface area contributed by atoms with E-state index in [4.69, 9.17) is 4.74 Å². The number of rotatable bonds is 4. The van der Waals surface area contributed by atoms with Crippen molar-refractivity contribution in [2.24, 2.45) is 0 Å². The highest BCUT2D eigenvalue weighted by molar-refractivity contribution is 7.24. The Morgan fingerprint density at radius 2 is 2.06 bits per heavy atom. The molecule has 1 aromatic carbocycles. The van der Waals surface area contributed by atoms with Crippen molar-refractivity contribution in [3.8, 4) is 0 Å². The van der Waals surface area contributed by atoms with Crippen molar-refractivity contribution in [1.29, 1.82) is 0 Å². The predicted molar refractivity (Wildman–Crippen MR) is 140 cm³/mol. The fraction of sp³-hybridized carbons (Fsp3) is 0.423. The van der Waals surface area contributed by atoms with E-state index in [1.165, 1.54) is 17.4 Å². The molecule has 0 saturated carbocycles. The maximum Gasteiger partial charge on any atom is 0.258 e. The van der Waals surface area contributed by atoms with Gasteiger partial charge >= 0.3 is 0 Å². The number of thiazole rings is 1. The molecule has 2 aliphatic heterocycles. The van der Waals surface area contributed by atoms with E-state index in [0.29, 0.717) is 36.8 Å². The van der Waals surface area contributed by atoms with Crippen LogP contribution >= 0.6 is 11.3 Å². The number of nitrogens with one attached hydrogen (secondary N) is 1. The third kappa shape index (κ3) is 3.93. The lowest BCUT2D eigenvalue weighted by Gasteiger charge is -2.32. The van der Waals surface area contributed by atoms with E-state index in [0.717, 1.165) is 42.7 Å². The summed E-state index contributed by atoms with van der Waals surface area (Å²) in [6.45, 7) is 6.82. The molecule has 2 aliphatic rings. The van der Waals surface area contributed by atoms with Crippen LogP contribution in [0.25, 0.3) is 26.1 Å². The number of halogens is 1. The standard InChI is InChI=1S/C26H28FN5O3S/c1-2-30-9-5-6-16(15-30)28-25(34)21-22(33)17-14-18(27)24(31-10-12-35-13-11-31)29-23(17)32-19-7-3-4-8-20(19)36-26(21)32/h3-4,7-8,14,16H,2,5-6,9-13,15H2,1H3,(H,28,34). The van der Waals surface area contributed by atoms with Gasteiger partial charge in [0.1, 0.15) is 10.4 Å². The molecule has 188 valence electrons. The molecule has 0 radical (unpaired) electrons. The molecule has 6 rings (SSSR count). The molecule has 2 saturated heterocycles. The summed E-state index contributed by atoms with van der Waals surface area (Å²) in [6.07, 6.45) is 1.86. The van der Waals surface area contributed by atoms with Crippen molar-refractivity contribution < 1.29 is 13.9 Å². The van der Waals surface area contributed by atoms with E-state index in [-0.39, 0.29) is 22.8 Å². The average Bonchev–Trinajstić information content (AvgIpc) is 3.28. The Labute approximate surface area is 211 Å². The first-order chi connectivity index (χ1) is 17.5. The molecule has 4 aromatic rings. The molecular weight excluding hydrogens is 481 g/mol. The predicted octanol–water partition coefficient (Wildman–Crippen LogP) is 3.25. The monoisotopic (exact) mass is 509 g/mol. The second-order valence-electron chi connectivity index (χ2n) is 9.38. The van der Waals surface area contributed by atoms with Gasteiger partial charge in [0.2, 0.25) is 5.43 Å². The Morgan fingerprint density at radius 1 is 1.25 bits per heavy atom. The normalized spacial score (nSPS) is 19.4. The molecule has 0 spiro atoms. The van der Waals surface area contributed by atoms with Crippen LogP contribution in [0.15, 0.2) is 35.1 Å². The van der Waals surface area contributed by atoms with Gasteiger partial charge in [-0.05, 0) is 44.1 Å². The molecular formula is C26H28FN5O3S. The number of likely N-dealkylation sites (N-methyl/N-ethyl adjacent to an activating group) is 1. The van der Waals surface area contributed by atoms with Gasteiger partial charge in [0.25, 0.3) is 5.91 Å². The Hall–Kier alpha value is -3.08. The summed E-state index contributed by atoms with van der Waals surface area (Å²) >= 11 is 1.38. The van der Waals surface area contributed by atoms with Crippen molar-refractivity contribution >= 4 is 49.1 Å². The summed E-state index contributed by atoms with van der Waals surface area (Å²) in [5, 5.41) is 3.20. The molecule has 5 heterocycles. The van der Waals surface area contributed by atoms with E-state index < -0.39 is 17.2 Å². The maximum absolute atomic E-state index is 15.3. The highest BCUT2D eigenvalue weighted by Gasteiger charge is 2.28. The van der Waals surface area contributed by atoms with Crippen LogP contribution in [0.1, 0.15) is 30.1 Å². The zero-order valence-electron chi connectivity index (χ0n) is 20.1. The maximum atomic E-state index is 15.3. The zero-order valence-corrected chi connectivity index (χ0v) is 20.9. The minimum atomic E-state index is -0.571. The SMILES string of the molecule is CCN1CCCC(NC(=O)c2c(=O)c3cc(F)c(N4CCOCC4)nc3n3c2sc2ccccc23)C1. The third-order valence-corrected chi connectivity index (χ3v) is 8.32. The van der Waals surface area contributed by atoms with Gasteiger partial charge in [-0.3, -0.25) is 14.0 Å². The fourth-order valence-electron chi connectivity index (χ4n) is 5.31. The number of aromatic nitrogens is 2. The second-order valence-corrected chi connectivity index (χ2v) is 10.4. The summed E-state index contributed by atoms with van der Waals surface area (Å²) in [6, 6.07) is 8.93. The number of likely N-dealkylation sites (tertiary alicyclic amines) is 1. The number of fused-ring (bicyclic) bond motifs is 5. The van der Waals surface area contributed by atoms with Crippen LogP contribution in [-0.4, -0.2) is 72.2 Å². The molecule has 1 unspecified atom stereocenters. The number of piperidine rings is 1. The van der Waals surface area contributed by atoms with E-state index in [1.54, 1.807) is 0 Å². The van der Waals surface area contributed by atoms with Gasteiger partial charge in [0.05, 0.1) is 28.8 Å². The first kappa shape index (κ1) is 23.3. The third-order valence-electron chi connectivity index (χ3n) is 7.18. The zero-order chi connectivity index (χ0) is 24.8. The van der Waals surface area contributed by atoms with Crippen molar-refractivity contribution in [2.75, 3.05) is 50.8 Å². The quantitative estimate of drug-likeness (QED) is 0.455. The van der Waals surface area contributed by atoms with Crippen LogP contribution < -0.4 is 15.6 Å². The largest absolute Gasteiger partial charge is 0.378 e. The molecule has 0 bridgehead atoms. The number of para-hydroxylation sites is 1. The van der Waals surface area contributed by atoms with Crippen LogP contribution in [0.3, 0.4) is 0 Å². The fourth-order valence-corrected chi connectivity index (χ4v) is 6.50. The molecule has 10 heteroatoms. The number of morpholine rings is 1. The van der Waals surface area contributed by atoms with E-state index in [9.17, 15) is 9.59 Å². The van der Waals surface area contributed by atoms with E-state index in [2.05, 4.69) is 22.1 Å². The smallest absolute Gasteiger partial charge is 0.258 e. The number of hydrogen-bond donors (Lipinski definition) is 1. The Kier molecular flexibility index (Phi) is 6.10. The first-order valence-electron chi connectivity index (χ1n) is 12.5. The summed E-state index contributed by atoms with van der Waals surface area (Å²) < 4.78 is 23.5. The van der Waals surface area contributed by atoms with E-state index >= 15 is 4.39 Å². The Morgan fingerprint density at radius 3 is 2.86 bits per heavy atom. The summed E-state index contributed by atoms with van der Waals surface area (Å²) in [7, 11) is 0. The van der Waals surface area contributed by atoms with Gasteiger partial charge in [0, 0.05) is 25.7 Å². The van der Waals surface area contributed by atoms with Gasteiger partial charge in [0.15, 0.2) is 17.3 Å². The van der Waals surface area contributed by atoms with Crippen molar-refractivity contribution in [3.63, 3.8) is 0 Å². The number of benzene rings is 1. The molecule has 1 amide bonds. The number of hydrogen-bond acceptors (Lipinski definition) is 7. The molecule has 1 N–H and O–H groups in total. The number of amides is 1. The molecule has 3 aromatic heterocycles. The van der Waals surface area contributed by atoms with Gasteiger partial charge in [-0.1, -0.05) is 19.1 Å². The number of carbonyl (C=O) groups excluding carboxylic acids is 1. The van der Waals surface area contributed by atoms with E-state index in [1.807, 2.05) is 33.6 Å². The summed E-state index contributed by atoms with van der Waals surface area (Å²) in [5.74, 6) is -0.780. The van der Waals surface area contributed by atoms with Gasteiger partial charge < -0.3 is 19.9 Å². The van der Waals surface area contributed by atoms with Crippen molar-refractivity contribution in [2.45, 2.75) is 25.8 Å². The summed E-state index contributed by atoms with van der Waals surface area (Å²) in [5.41, 5.74) is 0.759. The molecule has 1 atom stereocenters. The Bertz CT molecular complexity index is 1530. The lowest BCUT2D eigenvalue weighted by molar-refractivity contribution is 0.0906. The van der Waals surface area contributed by atoms with Crippen LogP contribution in [0.4, 0.5) is 10.2 Å². The second kappa shape index (κ2) is 9.42. The van der Waals surface area contributed by atoms with Crippen LogP contribution in [0.5, 0.6) is 0 Å². The molecule has 36 heavy (non-hydrogen) atoms. The molecule has 2 fully saturated rings. The van der Waals surface area contributed by atoms with Crippen LogP contribution in [-0.2, 0) is 4.74 Å². The number of nitrogens with zero attached hydrogens (tertiary/aromatic N) is 4. The van der Waals surface area contributed by atoms with Gasteiger partial charge in [-0.25, -0.2) is 9.37 Å². The Balaban J connectivity index is 1.54. The highest BCUT2D eigenvalue weighted by Crippen LogP contribution is 2.32. The average molecular weight is 510 g/mol. The van der Waals surface area contributed by atoms with Crippen LogP contribution in [0, 0.1) is 5.82 Å². The van der Waals surface area contributed by atoms with Crippen molar-refractivity contribution in [3.05, 3.63) is 51.9 Å². The van der Waals surface area contributed by atoms with Gasteiger partial charge in [-0.2, -0.15) is 0 Å².